The van der Waals surface area contributed by atoms with E-state index in [2.05, 4.69) is 31.1 Å². The molecule has 1 aliphatic carbocycles. The summed E-state index contributed by atoms with van der Waals surface area (Å²) in [5, 5.41) is 13.5. The smallest absolute Gasteiger partial charge is 0.274 e. The minimum Gasteiger partial charge on any atom is -0.391 e. The number of nitrogens with one attached hydrogen (secondary N) is 1. The molecule has 2 aromatic rings. The van der Waals surface area contributed by atoms with Crippen LogP contribution in [0.1, 0.15) is 40.9 Å². The summed E-state index contributed by atoms with van der Waals surface area (Å²) < 4.78 is 0.731. The van der Waals surface area contributed by atoms with Gasteiger partial charge in [-0.05, 0) is 70.9 Å². The zero-order valence-electron chi connectivity index (χ0n) is 14.8. The number of pyridine rings is 1. The van der Waals surface area contributed by atoms with Crippen LogP contribution in [0.25, 0.3) is 0 Å². The standard InChI is InChI=1S/C20H21BrClN3O2/c21-14-3-1-4-15(19(14)22)24-20(27)16-9-12-7-8-25(11-13(12)10-23-16)17-5-2-6-18(17)26/h1,3-4,9-10,17-18,26H,2,5-8,11H2,(H,24,27)/t17-,18-/m0/s1. The largest absolute Gasteiger partial charge is 0.391 e. The zero-order valence-corrected chi connectivity index (χ0v) is 17.1. The number of aliphatic hydroxyl groups excluding tert-OH is 1. The molecular weight excluding hydrogens is 430 g/mol. The van der Waals surface area contributed by atoms with Crippen molar-refractivity contribution < 1.29 is 9.90 Å². The Morgan fingerprint density at radius 1 is 1.33 bits per heavy atom. The molecule has 1 aromatic carbocycles. The number of carbonyl (C=O) groups excluding carboxylic acids is 1. The number of nitrogens with zero attached hydrogens (tertiary/aromatic N) is 2. The maximum absolute atomic E-state index is 12.6. The van der Waals surface area contributed by atoms with Crippen molar-refractivity contribution in [3.63, 3.8) is 0 Å². The summed E-state index contributed by atoms with van der Waals surface area (Å²) in [6, 6.07) is 7.52. The highest BCUT2D eigenvalue weighted by molar-refractivity contribution is 9.10. The highest BCUT2D eigenvalue weighted by Gasteiger charge is 2.32. The fourth-order valence-corrected chi connectivity index (χ4v) is 4.54. The van der Waals surface area contributed by atoms with Crippen LogP contribution in [-0.2, 0) is 13.0 Å². The van der Waals surface area contributed by atoms with E-state index in [0.717, 1.165) is 54.4 Å². The molecule has 0 bridgehead atoms. The lowest BCUT2D eigenvalue weighted by molar-refractivity contribution is 0.0625. The molecule has 142 valence electrons. The van der Waals surface area contributed by atoms with Gasteiger partial charge in [0.1, 0.15) is 5.69 Å². The van der Waals surface area contributed by atoms with Crippen molar-refractivity contribution in [3.8, 4) is 0 Å². The summed E-state index contributed by atoms with van der Waals surface area (Å²) in [7, 11) is 0. The second kappa shape index (κ2) is 7.87. The van der Waals surface area contributed by atoms with Gasteiger partial charge in [0, 0.05) is 29.8 Å². The molecule has 5 nitrogen and oxygen atoms in total. The van der Waals surface area contributed by atoms with Crippen LogP contribution in [0, 0.1) is 0 Å². The predicted octanol–water partition coefficient (Wildman–Crippen LogP) is 4.02. The number of benzene rings is 1. The van der Waals surface area contributed by atoms with E-state index < -0.39 is 0 Å². The molecule has 0 radical (unpaired) electrons. The number of halogens is 2. The van der Waals surface area contributed by atoms with Crippen molar-refractivity contribution in [1.82, 2.24) is 9.88 Å². The Hall–Kier alpha value is -1.47. The van der Waals surface area contributed by atoms with E-state index in [9.17, 15) is 9.90 Å². The van der Waals surface area contributed by atoms with E-state index in [0.29, 0.717) is 16.4 Å². The SMILES string of the molecule is O=C(Nc1cccc(Br)c1Cl)c1cc2c(cn1)CN([C@H]1CCC[C@@H]1O)CC2. The van der Waals surface area contributed by atoms with Gasteiger partial charge in [0.05, 0.1) is 16.8 Å². The van der Waals surface area contributed by atoms with Gasteiger partial charge >= 0.3 is 0 Å². The summed E-state index contributed by atoms with van der Waals surface area (Å²) in [5.74, 6) is -0.272. The number of anilines is 1. The number of hydrogen-bond donors (Lipinski definition) is 2. The Morgan fingerprint density at radius 2 is 2.19 bits per heavy atom. The third kappa shape index (κ3) is 3.90. The van der Waals surface area contributed by atoms with Crippen molar-refractivity contribution in [2.45, 2.75) is 44.4 Å². The molecule has 2 atom stereocenters. The molecule has 2 N–H and O–H groups in total. The third-order valence-electron chi connectivity index (χ3n) is 5.47. The van der Waals surface area contributed by atoms with Crippen LogP contribution in [0.4, 0.5) is 5.69 Å². The summed E-state index contributed by atoms with van der Waals surface area (Å²) in [5.41, 5.74) is 3.23. The molecule has 2 aliphatic rings. The van der Waals surface area contributed by atoms with Crippen molar-refractivity contribution in [2.24, 2.45) is 0 Å². The average molecular weight is 451 g/mol. The van der Waals surface area contributed by atoms with Crippen molar-refractivity contribution >= 4 is 39.1 Å². The summed E-state index contributed by atoms with van der Waals surface area (Å²) in [6.07, 6.45) is 5.46. The third-order valence-corrected chi connectivity index (χ3v) is 6.77. The fourth-order valence-electron chi connectivity index (χ4n) is 4.00. The zero-order chi connectivity index (χ0) is 19.0. The van der Waals surface area contributed by atoms with Crippen molar-refractivity contribution in [2.75, 3.05) is 11.9 Å². The summed E-state index contributed by atoms with van der Waals surface area (Å²) in [4.78, 5) is 19.3. The van der Waals surface area contributed by atoms with Crippen molar-refractivity contribution in [3.05, 3.63) is 56.8 Å². The Kier molecular flexibility index (Phi) is 5.50. The summed E-state index contributed by atoms with van der Waals surface area (Å²) in [6.45, 7) is 1.68. The molecule has 1 saturated carbocycles. The first kappa shape index (κ1) is 18.9. The second-order valence-corrected chi connectivity index (χ2v) is 8.41. The van der Waals surface area contributed by atoms with E-state index in [1.165, 1.54) is 0 Å². The molecule has 0 saturated heterocycles. The normalized spacial score (nSPS) is 22.5. The molecule has 0 spiro atoms. The van der Waals surface area contributed by atoms with E-state index in [1.54, 1.807) is 12.3 Å². The number of carbonyl (C=O) groups is 1. The molecule has 1 aliphatic heterocycles. The van der Waals surface area contributed by atoms with E-state index >= 15 is 0 Å². The van der Waals surface area contributed by atoms with Gasteiger partial charge in [-0.1, -0.05) is 17.7 Å². The van der Waals surface area contributed by atoms with Crippen LogP contribution >= 0.6 is 27.5 Å². The van der Waals surface area contributed by atoms with Gasteiger partial charge in [-0.15, -0.1) is 0 Å². The van der Waals surface area contributed by atoms with Crippen LogP contribution in [0.2, 0.25) is 5.02 Å². The average Bonchev–Trinajstić information content (AvgIpc) is 3.10. The maximum Gasteiger partial charge on any atom is 0.274 e. The number of rotatable bonds is 3. The van der Waals surface area contributed by atoms with Crippen LogP contribution in [0.15, 0.2) is 34.9 Å². The van der Waals surface area contributed by atoms with Gasteiger partial charge < -0.3 is 10.4 Å². The number of aromatic nitrogens is 1. The number of amides is 1. The van der Waals surface area contributed by atoms with E-state index in [-0.39, 0.29) is 18.1 Å². The fraction of sp³-hybridized carbons (Fsp3) is 0.400. The molecule has 1 fully saturated rings. The first-order chi connectivity index (χ1) is 13.0. The van der Waals surface area contributed by atoms with E-state index in [1.807, 2.05) is 18.2 Å². The van der Waals surface area contributed by atoms with Gasteiger partial charge in [-0.3, -0.25) is 14.7 Å². The van der Waals surface area contributed by atoms with Gasteiger partial charge in [0.15, 0.2) is 0 Å². The molecule has 4 rings (SSSR count). The molecule has 7 heteroatoms. The molecular formula is C20H21BrClN3O2. The van der Waals surface area contributed by atoms with Gasteiger partial charge in [-0.2, -0.15) is 0 Å². The van der Waals surface area contributed by atoms with Gasteiger partial charge in [0.2, 0.25) is 0 Å². The lowest BCUT2D eigenvalue weighted by Gasteiger charge is -2.35. The number of hydrogen-bond acceptors (Lipinski definition) is 4. The molecule has 1 amide bonds. The molecule has 0 unspecified atom stereocenters. The highest BCUT2D eigenvalue weighted by Crippen LogP contribution is 2.31. The van der Waals surface area contributed by atoms with Gasteiger partial charge in [0.25, 0.3) is 5.91 Å². The number of fused-ring (bicyclic) bond motifs is 1. The molecule has 2 heterocycles. The predicted molar refractivity (Wildman–Crippen MR) is 109 cm³/mol. The highest BCUT2D eigenvalue weighted by atomic mass is 79.9. The Morgan fingerprint density at radius 3 is 2.96 bits per heavy atom. The lowest BCUT2D eigenvalue weighted by atomic mass is 9.98. The monoisotopic (exact) mass is 449 g/mol. The molecule has 1 aromatic heterocycles. The Bertz CT molecular complexity index is 876. The van der Waals surface area contributed by atoms with Crippen molar-refractivity contribution in [1.29, 1.82) is 0 Å². The minimum absolute atomic E-state index is 0.223. The first-order valence-corrected chi connectivity index (χ1v) is 10.4. The van der Waals surface area contributed by atoms with Crippen LogP contribution < -0.4 is 5.32 Å². The van der Waals surface area contributed by atoms with Gasteiger partial charge in [-0.25, -0.2) is 0 Å². The quantitative estimate of drug-likeness (QED) is 0.741. The first-order valence-electron chi connectivity index (χ1n) is 9.18. The maximum atomic E-state index is 12.6. The lowest BCUT2D eigenvalue weighted by Crippen LogP contribution is -2.43. The number of aliphatic hydroxyl groups is 1. The summed E-state index contributed by atoms with van der Waals surface area (Å²) >= 11 is 9.58. The van der Waals surface area contributed by atoms with Crippen LogP contribution in [0.5, 0.6) is 0 Å². The second-order valence-electron chi connectivity index (χ2n) is 7.18. The Balaban J connectivity index is 1.49. The molecule has 27 heavy (non-hydrogen) atoms. The van der Waals surface area contributed by atoms with E-state index in [4.69, 9.17) is 11.6 Å². The topological polar surface area (TPSA) is 65.5 Å². The minimum atomic E-state index is -0.272. The Labute approximate surface area is 171 Å². The van der Waals surface area contributed by atoms with Crippen LogP contribution in [-0.4, -0.2) is 39.6 Å². The van der Waals surface area contributed by atoms with Crippen LogP contribution in [0.3, 0.4) is 0 Å².